The summed E-state index contributed by atoms with van der Waals surface area (Å²) in [6.45, 7) is 5.89. The van der Waals surface area contributed by atoms with Crippen molar-refractivity contribution in [2.75, 3.05) is 0 Å². The molecule has 0 rings (SSSR count). The van der Waals surface area contributed by atoms with Gasteiger partial charge in [-0.25, -0.2) is 4.79 Å². The van der Waals surface area contributed by atoms with Gasteiger partial charge in [0.15, 0.2) is 0 Å². The van der Waals surface area contributed by atoms with Gasteiger partial charge in [0, 0.05) is 6.08 Å². The van der Waals surface area contributed by atoms with Gasteiger partial charge in [-0.3, -0.25) is 9.59 Å². The predicted molar refractivity (Wildman–Crippen MR) is 47.3 cm³/mol. The number of carbonyl (C=O) groups is 3. The number of hydrogen-bond donors (Lipinski definition) is 1. The first-order valence-corrected chi connectivity index (χ1v) is 3.90. The smallest absolute Gasteiger partial charge is 0.337 e. The molecule has 0 aliphatic rings. The summed E-state index contributed by atoms with van der Waals surface area (Å²) >= 11 is 0. The fourth-order valence-corrected chi connectivity index (χ4v) is 0.721. The number of esters is 2. The Hall–Kier alpha value is -1.65. The molecule has 5 heteroatoms. The zero-order valence-electron chi connectivity index (χ0n) is 8.07. The molecule has 5 nitrogen and oxygen atoms in total. The second-order valence-corrected chi connectivity index (χ2v) is 3.37. The quantitative estimate of drug-likeness (QED) is 0.411. The fourth-order valence-electron chi connectivity index (χ4n) is 0.721. The Balaban J connectivity index is 4.42. The number of ether oxygens (including phenoxy) is 1. The van der Waals surface area contributed by atoms with Crippen LogP contribution in [0.5, 0.6) is 0 Å². The molecule has 0 fully saturated rings. The maximum absolute atomic E-state index is 11.2. The molecule has 0 radical (unpaired) electrons. The Morgan fingerprint density at radius 2 is 1.93 bits per heavy atom. The minimum atomic E-state index is -1.22. The van der Waals surface area contributed by atoms with Gasteiger partial charge in [-0.2, -0.15) is 0 Å². The predicted octanol–water partition coefficient (Wildman–Crippen LogP) is 0.743. The van der Waals surface area contributed by atoms with Crippen molar-refractivity contribution in [1.29, 1.82) is 0 Å². The molecule has 0 unspecified atom stereocenters. The van der Waals surface area contributed by atoms with Crippen LogP contribution in [0.1, 0.15) is 20.3 Å². The molecule has 0 saturated carbocycles. The van der Waals surface area contributed by atoms with Gasteiger partial charge in [0.1, 0.15) is 0 Å². The first-order chi connectivity index (χ1) is 6.29. The van der Waals surface area contributed by atoms with Crippen molar-refractivity contribution in [3.05, 3.63) is 12.7 Å². The molecule has 0 aliphatic carbocycles. The molecule has 14 heavy (non-hydrogen) atoms. The molecule has 0 saturated heterocycles. The lowest BCUT2D eigenvalue weighted by molar-refractivity contribution is -0.166. The van der Waals surface area contributed by atoms with Crippen LogP contribution in [0.4, 0.5) is 0 Å². The van der Waals surface area contributed by atoms with E-state index in [1.807, 2.05) is 0 Å². The highest BCUT2D eigenvalue weighted by Crippen LogP contribution is 2.22. The van der Waals surface area contributed by atoms with Crippen LogP contribution >= 0.6 is 0 Å². The first kappa shape index (κ1) is 12.3. The topological polar surface area (TPSA) is 80.7 Å². The van der Waals surface area contributed by atoms with Gasteiger partial charge in [0.25, 0.3) is 0 Å². The highest BCUT2D eigenvalue weighted by Gasteiger charge is 2.33. The third-order valence-electron chi connectivity index (χ3n) is 1.51. The lowest BCUT2D eigenvalue weighted by Gasteiger charge is -2.18. The van der Waals surface area contributed by atoms with E-state index in [0.29, 0.717) is 0 Å². The van der Waals surface area contributed by atoms with Crippen LogP contribution < -0.4 is 0 Å². The molecular formula is C9H12O5. The van der Waals surface area contributed by atoms with E-state index in [1.165, 1.54) is 13.8 Å². The van der Waals surface area contributed by atoms with Crippen LogP contribution in [0.25, 0.3) is 0 Å². The Morgan fingerprint density at radius 1 is 1.43 bits per heavy atom. The zero-order chi connectivity index (χ0) is 11.4. The monoisotopic (exact) mass is 200 g/mol. The second-order valence-electron chi connectivity index (χ2n) is 3.37. The second kappa shape index (κ2) is 4.55. The van der Waals surface area contributed by atoms with Gasteiger partial charge in [0.05, 0.1) is 11.8 Å². The van der Waals surface area contributed by atoms with E-state index in [9.17, 15) is 14.4 Å². The maximum Gasteiger partial charge on any atom is 0.337 e. The lowest BCUT2D eigenvalue weighted by atomic mass is 9.90. The molecule has 0 heterocycles. The van der Waals surface area contributed by atoms with Crippen molar-refractivity contribution in [3.63, 3.8) is 0 Å². The molecular weight excluding hydrogens is 188 g/mol. The number of aliphatic carboxylic acids is 1. The van der Waals surface area contributed by atoms with Gasteiger partial charge in [-0.1, -0.05) is 6.58 Å². The number of carboxylic acids is 1. The van der Waals surface area contributed by atoms with Crippen molar-refractivity contribution in [1.82, 2.24) is 0 Å². The van der Waals surface area contributed by atoms with Crippen LogP contribution in [-0.2, 0) is 19.1 Å². The van der Waals surface area contributed by atoms with Gasteiger partial charge in [0.2, 0.25) is 0 Å². The van der Waals surface area contributed by atoms with Crippen molar-refractivity contribution < 1.29 is 24.2 Å². The average molecular weight is 200 g/mol. The largest absolute Gasteiger partial charge is 0.481 e. The van der Waals surface area contributed by atoms with Crippen molar-refractivity contribution in [2.24, 2.45) is 5.41 Å². The highest BCUT2D eigenvalue weighted by atomic mass is 16.6. The molecule has 0 spiro atoms. The molecule has 78 valence electrons. The highest BCUT2D eigenvalue weighted by molar-refractivity contribution is 5.94. The Kier molecular flexibility index (Phi) is 4.01. The van der Waals surface area contributed by atoms with E-state index < -0.39 is 29.7 Å². The standard InChI is InChI=1S/C9H12O5/c1-4-7(12)14-8(13)9(2,3)5-6(10)11/h4H,1,5H2,2-3H3,(H,10,11). The summed E-state index contributed by atoms with van der Waals surface area (Å²) in [5.74, 6) is -2.88. The average Bonchev–Trinajstić information content (AvgIpc) is 2.01. The third-order valence-corrected chi connectivity index (χ3v) is 1.51. The summed E-state index contributed by atoms with van der Waals surface area (Å²) in [6.07, 6.45) is 0.449. The summed E-state index contributed by atoms with van der Waals surface area (Å²) in [6, 6.07) is 0. The van der Waals surface area contributed by atoms with Crippen LogP contribution in [0.2, 0.25) is 0 Å². The lowest BCUT2D eigenvalue weighted by Crippen LogP contribution is -2.30. The molecule has 0 amide bonds. The van der Waals surface area contributed by atoms with Crippen LogP contribution in [0.15, 0.2) is 12.7 Å². The molecule has 1 N–H and O–H groups in total. The molecule has 0 aromatic carbocycles. The van der Waals surface area contributed by atoms with E-state index in [2.05, 4.69) is 11.3 Å². The summed E-state index contributed by atoms with van der Waals surface area (Å²) < 4.78 is 4.31. The number of carbonyl (C=O) groups excluding carboxylic acids is 2. The van der Waals surface area contributed by atoms with Crippen molar-refractivity contribution in [3.8, 4) is 0 Å². The SMILES string of the molecule is C=CC(=O)OC(=O)C(C)(C)CC(=O)O. The number of carboxylic acid groups (broad SMARTS) is 1. The molecule has 0 atom stereocenters. The summed E-state index contributed by atoms with van der Waals surface area (Å²) in [7, 11) is 0. The number of rotatable bonds is 4. The van der Waals surface area contributed by atoms with Gasteiger partial charge < -0.3 is 9.84 Å². The minimum Gasteiger partial charge on any atom is -0.481 e. The Bertz CT molecular complexity index is 277. The van der Waals surface area contributed by atoms with Gasteiger partial charge in [-0.05, 0) is 13.8 Å². The van der Waals surface area contributed by atoms with E-state index in [1.54, 1.807) is 0 Å². The summed E-state index contributed by atoms with van der Waals surface area (Å²) in [4.78, 5) is 32.2. The zero-order valence-corrected chi connectivity index (χ0v) is 8.07. The van der Waals surface area contributed by atoms with Crippen molar-refractivity contribution >= 4 is 17.9 Å². The van der Waals surface area contributed by atoms with E-state index in [-0.39, 0.29) is 0 Å². The van der Waals surface area contributed by atoms with Crippen LogP contribution in [-0.4, -0.2) is 23.0 Å². The van der Waals surface area contributed by atoms with E-state index >= 15 is 0 Å². The fraction of sp³-hybridized carbons (Fsp3) is 0.444. The van der Waals surface area contributed by atoms with E-state index in [0.717, 1.165) is 6.08 Å². The number of hydrogen-bond acceptors (Lipinski definition) is 4. The molecule has 0 aromatic rings. The Morgan fingerprint density at radius 3 is 2.29 bits per heavy atom. The first-order valence-electron chi connectivity index (χ1n) is 3.90. The van der Waals surface area contributed by atoms with Gasteiger partial charge >= 0.3 is 17.9 Å². The van der Waals surface area contributed by atoms with Gasteiger partial charge in [-0.15, -0.1) is 0 Å². The maximum atomic E-state index is 11.2. The van der Waals surface area contributed by atoms with E-state index in [4.69, 9.17) is 5.11 Å². The molecule has 0 aromatic heterocycles. The normalized spacial score (nSPS) is 10.4. The Labute approximate surface area is 81.4 Å². The third kappa shape index (κ3) is 3.84. The van der Waals surface area contributed by atoms with Crippen LogP contribution in [0.3, 0.4) is 0 Å². The molecule has 0 aliphatic heterocycles. The minimum absolute atomic E-state index is 0.393. The summed E-state index contributed by atoms with van der Waals surface area (Å²) in [5.41, 5.74) is -1.22. The van der Waals surface area contributed by atoms with Crippen LogP contribution in [0, 0.1) is 5.41 Å². The van der Waals surface area contributed by atoms with Crippen molar-refractivity contribution in [2.45, 2.75) is 20.3 Å². The summed E-state index contributed by atoms with van der Waals surface area (Å²) in [5, 5.41) is 8.48. The molecule has 0 bridgehead atoms.